The first kappa shape index (κ1) is 15.1. The van der Waals surface area contributed by atoms with Crippen LogP contribution in [0.4, 0.5) is 26.3 Å². The smallest absolute Gasteiger partial charge is 0.416 e. The van der Waals surface area contributed by atoms with Crippen molar-refractivity contribution in [2.45, 2.75) is 12.4 Å². The molecule has 1 heterocycles. The molecule has 0 amide bonds. The highest BCUT2D eigenvalue weighted by atomic mass is 19.4. The third-order valence-corrected chi connectivity index (χ3v) is 2.29. The Labute approximate surface area is 114 Å². The van der Waals surface area contributed by atoms with Gasteiger partial charge in [0.2, 0.25) is 5.88 Å². The second-order valence-corrected chi connectivity index (χ2v) is 3.84. The summed E-state index contributed by atoms with van der Waals surface area (Å²) in [6.45, 7) is 0. The van der Waals surface area contributed by atoms with Gasteiger partial charge in [0.05, 0.1) is 11.1 Å². The van der Waals surface area contributed by atoms with Crippen molar-refractivity contribution in [2.75, 3.05) is 0 Å². The van der Waals surface area contributed by atoms with Crippen LogP contribution in [0.15, 0.2) is 30.3 Å². The predicted molar refractivity (Wildman–Crippen MR) is 57.4 cm³/mol. The molecule has 1 radical (unpaired) electrons. The van der Waals surface area contributed by atoms with E-state index < -0.39 is 29.2 Å². The van der Waals surface area contributed by atoms with Gasteiger partial charge in [-0.25, -0.2) is 0 Å². The molecular formula is C12H5F6N2O. The van der Waals surface area contributed by atoms with Crippen LogP contribution in [0.25, 0.3) is 0 Å². The van der Waals surface area contributed by atoms with Crippen LogP contribution >= 0.6 is 0 Å². The van der Waals surface area contributed by atoms with Gasteiger partial charge in [-0.2, -0.15) is 26.3 Å². The fraction of sp³-hybridized carbons (Fsp3) is 0.167. The van der Waals surface area contributed by atoms with Crippen LogP contribution in [0, 0.1) is 6.20 Å². The Kier molecular flexibility index (Phi) is 3.75. The van der Waals surface area contributed by atoms with Crippen LogP contribution < -0.4 is 4.74 Å². The standard InChI is InChI=1S/C12H5F6N2O/c13-11(14,15)7-4-8(12(16,17)18)6-9(5-7)21-10-2-1-3-19-20-10/h1-2,4-6H. The molecular weight excluding hydrogens is 302 g/mol. The van der Waals surface area contributed by atoms with Crippen LogP contribution in [0.3, 0.4) is 0 Å². The van der Waals surface area contributed by atoms with Gasteiger partial charge in [0.25, 0.3) is 0 Å². The van der Waals surface area contributed by atoms with E-state index in [4.69, 9.17) is 4.74 Å². The summed E-state index contributed by atoms with van der Waals surface area (Å²) >= 11 is 0. The molecule has 1 aromatic heterocycles. The third kappa shape index (κ3) is 3.83. The van der Waals surface area contributed by atoms with Crippen LogP contribution in [0.5, 0.6) is 11.6 Å². The Bertz CT molecular complexity index is 592. The molecule has 111 valence electrons. The summed E-state index contributed by atoms with van der Waals surface area (Å²) in [6.07, 6.45) is -7.58. The summed E-state index contributed by atoms with van der Waals surface area (Å²) < 4.78 is 80.6. The maximum atomic E-state index is 12.6. The van der Waals surface area contributed by atoms with Crippen molar-refractivity contribution < 1.29 is 31.1 Å². The van der Waals surface area contributed by atoms with Crippen LogP contribution in [-0.4, -0.2) is 10.2 Å². The molecule has 0 N–H and O–H groups in total. The van der Waals surface area contributed by atoms with Gasteiger partial charge in [0.1, 0.15) is 11.9 Å². The number of hydrogen-bond acceptors (Lipinski definition) is 3. The molecule has 0 aliphatic heterocycles. The van der Waals surface area contributed by atoms with Gasteiger partial charge in [-0.1, -0.05) is 0 Å². The minimum absolute atomic E-state index is 0.0112. The van der Waals surface area contributed by atoms with Crippen LogP contribution in [-0.2, 0) is 12.4 Å². The SMILES string of the molecule is FC(F)(F)c1cc(Oc2cc[c]nn2)cc(C(F)(F)F)c1. The van der Waals surface area contributed by atoms with Crippen LogP contribution in [0.2, 0.25) is 0 Å². The third-order valence-electron chi connectivity index (χ3n) is 2.29. The highest BCUT2D eigenvalue weighted by molar-refractivity contribution is 5.38. The van der Waals surface area contributed by atoms with Gasteiger partial charge < -0.3 is 4.74 Å². The van der Waals surface area contributed by atoms with Crippen molar-refractivity contribution in [1.82, 2.24) is 10.2 Å². The fourth-order valence-corrected chi connectivity index (χ4v) is 1.41. The molecule has 0 aliphatic rings. The molecule has 0 saturated heterocycles. The Morgan fingerprint density at radius 1 is 0.905 bits per heavy atom. The molecule has 2 rings (SSSR count). The van der Waals surface area contributed by atoms with E-state index in [9.17, 15) is 26.3 Å². The van der Waals surface area contributed by atoms with Gasteiger partial charge >= 0.3 is 12.4 Å². The first-order valence-electron chi connectivity index (χ1n) is 5.33. The largest absolute Gasteiger partial charge is 0.437 e. The zero-order valence-electron chi connectivity index (χ0n) is 9.96. The summed E-state index contributed by atoms with van der Waals surface area (Å²) in [5.41, 5.74) is -2.94. The van der Waals surface area contributed by atoms with Crippen LogP contribution in [0.1, 0.15) is 11.1 Å². The zero-order chi connectivity index (χ0) is 15.7. The second-order valence-electron chi connectivity index (χ2n) is 3.84. The molecule has 0 atom stereocenters. The van der Waals surface area contributed by atoms with Gasteiger partial charge in [-0.05, 0) is 24.3 Å². The van der Waals surface area contributed by atoms with Crippen molar-refractivity contribution in [3.8, 4) is 11.6 Å². The van der Waals surface area contributed by atoms with Crippen molar-refractivity contribution in [1.29, 1.82) is 0 Å². The summed E-state index contributed by atoms with van der Waals surface area (Å²) in [4.78, 5) is 0. The molecule has 0 bridgehead atoms. The molecule has 9 heteroatoms. The fourth-order valence-electron chi connectivity index (χ4n) is 1.41. The maximum absolute atomic E-state index is 12.6. The molecule has 0 saturated carbocycles. The summed E-state index contributed by atoms with van der Waals surface area (Å²) in [7, 11) is 0. The Balaban J connectivity index is 2.45. The minimum Gasteiger partial charge on any atom is -0.437 e. The zero-order valence-corrected chi connectivity index (χ0v) is 9.96. The van der Waals surface area contributed by atoms with E-state index >= 15 is 0 Å². The number of aromatic nitrogens is 2. The van der Waals surface area contributed by atoms with E-state index in [-0.39, 0.29) is 11.9 Å². The van der Waals surface area contributed by atoms with Crippen molar-refractivity contribution in [3.63, 3.8) is 0 Å². The Morgan fingerprint density at radius 2 is 1.48 bits per heavy atom. The molecule has 0 unspecified atom stereocenters. The topological polar surface area (TPSA) is 35.0 Å². The number of rotatable bonds is 2. The molecule has 21 heavy (non-hydrogen) atoms. The van der Waals surface area contributed by atoms with E-state index in [0.29, 0.717) is 12.1 Å². The molecule has 3 nitrogen and oxygen atoms in total. The van der Waals surface area contributed by atoms with Crippen molar-refractivity contribution >= 4 is 0 Å². The van der Waals surface area contributed by atoms with Crippen molar-refractivity contribution in [2.24, 2.45) is 0 Å². The van der Waals surface area contributed by atoms with Gasteiger partial charge in [0.15, 0.2) is 0 Å². The second kappa shape index (κ2) is 5.23. The monoisotopic (exact) mass is 307 g/mol. The number of hydrogen-bond donors (Lipinski definition) is 0. The first-order valence-corrected chi connectivity index (χ1v) is 5.33. The van der Waals surface area contributed by atoms with E-state index in [1.165, 1.54) is 12.1 Å². The molecule has 2 aromatic rings. The first-order chi connectivity index (χ1) is 9.66. The average molecular weight is 307 g/mol. The van der Waals surface area contributed by atoms with E-state index in [2.05, 4.69) is 16.4 Å². The lowest BCUT2D eigenvalue weighted by molar-refractivity contribution is -0.143. The number of ether oxygens (including phenoxy) is 1. The van der Waals surface area contributed by atoms with E-state index in [1.807, 2.05) is 0 Å². The molecule has 0 fully saturated rings. The molecule has 0 aliphatic carbocycles. The minimum atomic E-state index is -4.94. The Morgan fingerprint density at radius 3 is 1.90 bits per heavy atom. The summed E-state index contributed by atoms with van der Waals surface area (Å²) in [5, 5.41) is 6.65. The molecule has 1 aromatic carbocycles. The van der Waals surface area contributed by atoms with Gasteiger partial charge in [-0.3, -0.25) is 0 Å². The maximum Gasteiger partial charge on any atom is 0.416 e. The number of alkyl halides is 6. The summed E-state index contributed by atoms with van der Waals surface area (Å²) in [6, 6.07) is 3.36. The normalized spacial score (nSPS) is 12.3. The van der Waals surface area contributed by atoms with Gasteiger partial charge in [-0.15, -0.1) is 10.2 Å². The summed E-state index contributed by atoms with van der Waals surface area (Å²) in [5.74, 6) is -0.890. The van der Waals surface area contributed by atoms with Gasteiger partial charge in [0, 0.05) is 6.07 Å². The highest BCUT2D eigenvalue weighted by Crippen LogP contribution is 2.38. The number of benzene rings is 1. The lowest BCUT2D eigenvalue weighted by atomic mass is 10.1. The highest BCUT2D eigenvalue weighted by Gasteiger charge is 2.37. The lowest BCUT2D eigenvalue weighted by Gasteiger charge is -2.14. The number of halogens is 6. The molecule has 0 spiro atoms. The Hall–Kier alpha value is -2.32. The van der Waals surface area contributed by atoms with E-state index in [0.717, 1.165) is 0 Å². The van der Waals surface area contributed by atoms with Crippen molar-refractivity contribution in [3.05, 3.63) is 47.7 Å². The average Bonchev–Trinajstić information content (AvgIpc) is 2.37. The quantitative estimate of drug-likeness (QED) is 0.783. The van der Waals surface area contributed by atoms with E-state index in [1.54, 1.807) is 0 Å². The predicted octanol–water partition coefficient (Wildman–Crippen LogP) is 4.11. The number of nitrogens with zero attached hydrogens (tertiary/aromatic N) is 2. The lowest BCUT2D eigenvalue weighted by Crippen LogP contribution is -2.11.